The van der Waals surface area contributed by atoms with Crippen LogP contribution < -0.4 is 9.47 Å². The summed E-state index contributed by atoms with van der Waals surface area (Å²) in [5.74, 6) is 0.700. The van der Waals surface area contributed by atoms with Crippen LogP contribution in [0.4, 0.5) is 8.78 Å². The van der Waals surface area contributed by atoms with Gasteiger partial charge in [0.15, 0.2) is 16.3 Å². The molecule has 1 aromatic heterocycles. The van der Waals surface area contributed by atoms with E-state index in [1.165, 1.54) is 18.1 Å². The van der Waals surface area contributed by atoms with Crippen molar-refractivity contribution in [3.8, 4) is 11.5 Å². The van der Waals surface area contributed by atoms with Crippen LogP contribution in [0.2, 0.25) is 0 Å². The summed E-state index contributed by atoms with van der Waals surface area (Å²) in [6.45, 7) is -0.570. The fourth-order valence-electron chi connectivity index (χ4n) is 2.55. The Kier molecular flexibility index (Phi) is 7.28. The molecule has 0 saturated heterocycles. The maximum Gasteiger partial charge on any atom is 0.387 e. The Bertz CT molecular complexity index is 838. The molecule has 7 nitrogen and oxygen atoms in total. The molecule has 0 radical (unpaired) electrons. The first-order valence-corrected chi connectivity index (χ1v) is 8.76. The first-order chi connectivity index (χ1) is 12.8. The van der Waals surface area contributed by atoms with Gasteiger partial charge < -0.3 is 14.4 Å². The second kappa shape index (κ2) is 9.45. The van der Waals surface area contributed by atoms with Crippen LogP contribution in [0.15, 0.2) is 18.2 Å². The fraction of sp³-hybridized carbons (Fsp3) is 0.471. The van der Waals surface area contributed by atoms with E-state index in [1.807, 2.05) is 6.92 Å². The van der Waals surface area contributed by atoms with Crippen LogP contribution >= 0.6 is 12.2 Å². The van der Waals surface area contributed by atoms with E-state index in [0.717, 1.165) is 12.2 Å². The van der Waals surface area contributed by atoms with Crippen LogP contribution in [0.3, 0.4) is 0 Å². The normalized spacial score (nSPS) is 10.9. The monoisotopic (exact) mass is 400 g/mol. The first-order valence-electron chi connectivity index (χ1n) is 8.35. The summed E-state index contributed by atoms with van der Waals surface area (Å²) in [7, 11) is 3.02. The van der Waals surface area contributed by atoms with Crippen molar-refractivity contribution < 1.29 is 23.0 Å². The number of H-pyrrole nitrogens is 1. The second-order valence-electron chi connectivity index (χ2n) is 5.89. The molecule has 0 spiro atoms. The summed E-state index contributed by atoms with van der Waals surface area (Å²) in [6.07, 6.45) is 1.60. The number of hydrogen-bond donors (Lipinski definition) is 1. The molecule has 0 bridgehead atoms. The average molecular weight is 400 g/mol. The molecule has 2 aromatic rings. The third kappa shape index (κ3) is 5.49. The zero-order valence-corrected chi connectivity index (χ0v) is 16.2. The lowest BCUT2D eigenvalue weighted by Crippen LogP contribution is -2.30. The Morgan fingerprint density at radius 3 is 2.78 bits per heavy atom. The molecule has 0 fully saturated rings. The minimum absolute atomic E-state index is 0.0564. The van der Waals surface area contributed by atoms with Gasteiger partial charge in [0.25, 0.3) is 0 Å². The Labute approximate surface area is 160 Å². The lowest BCUT2D eigenvalue weighted by molar-refractivity contribution is -0.131. The van der Waals surface area contributed by atoms with Crippen LogP contribution in [-0.4, -0.2) is 46.3 Å². The number of rotatable bonds is 9. The minimum atomic E-state index is -2.94. The molecule has 148 valence electrons. The van der Waals surface area contributed by atoms with Crippen molar-refractivity contribution in [1.82, 2.24) is 19.7 Å². The minimum Gasteiger partial charge on any atom is -0.493 e. The molecule has 0 atom stereocenters. The lowest BCUT2D eigenvalue weighted by Gasteiger charge is -2.19. The van der Waals surface area contributed by atoms with Gasteiger partial charge in [-0.05, 0) is 36.3 Å². The molecule has 1 N–H and O–H groups in total. The standard InChI is InChI=1S/C17H22F2N4O3S/c1-4-5-14-20-21-17(27)23(14)10-15(24)22(2)9-11-6-7-12(26-16(18)19)13(8-11)25-3/h6-8,16H,4-5,9-10H2,1-3H3,(H,21,27). The number of hydrogen-bond acceptors (Lipinski definition) is 5. The van der Waals surface area contributed by atoms with Crippen LogP contribution in [0.25, 0.3) is 0 Å². The van der Waals surface area contributed by atoms with Crippen molar-refractivity contribution in [2.75, 3.05) is 14.2 Å². The SMILES string of the molecule is CCCc1n[nH]c(=S)n1CC(=O)N(C)Cc1ccc(OC(F)F)c(OC)c1. The summed E-state index contributed by atoms with van der Waals surface area (Å²) in [6, 6.07) is 4.56. The molecule has 1 heterocycles. The second-order valence-corrected chi connectivity index (χ2v) is 6.28. The van der Waals surface area contributed by atoms with E-state index in [9.17, 15) is 13.6 Å². The number of carbonyl (C=O) groups excluding carboxylic acids is 1. The predicted molar refractivity (Wildman–Crippen MR) is 97.5 cm³/mol. The van der Waals surface area contributed by atoms with Crippen LogP contribution in [0.1, 0.15) is 24.7 Å². The zero-order valence-electron chi connectivity index (χ0n) is 15.4. The molecule has 0 unspecified atom stereocenters. The van der Waals surface area contributed by atoms with Gasteiger partial charge in [0.2, 0.25) is 5.91 Å². The molecule has 1 aromatic carbocycles. The van der Waals surface area contributed by atoms with E-state index in [4.69, 9.17) is 17.0 Å². The molecule has 0 saturated carbocycles. The van der Waals surface area contributed by atoms with Gasteiger partial charge in [0.1, 0.15) is 12.4 Å². The molecule has 0 aliphatic rings. The maximum absolute atomic E-state index is 12.6. The molecular formula is C17H22F2N4O3S. The topological polar surface area (TPSA) is 72.4 Å². The highest BCUT2D eigenvalue weighted by Gasteiger charge is 2.16. The van der Waals surface area contributed by atoms with Crippen molar-refractivity contribution >= 4 is 18.1 Å². The summed E-state index contributed by atoms with van der Waals surface area (Å²) >= 11 is 5.19. The lowest BCUT2D eigenvalue weighted by atomic mass is 10.2. The molecule has 1 amide bonds. The summed E-state index contributed by atoms with van der Waals surface area (Å²) in [5, 5.41) is 6.85. The molecule has 10 heteroatoms. The smallest absolute Gasteiger partial charge is 0.387 e. The molecule has 27 heavy (non-hydrogen) atoms. The van der Waals surface area contributed by atoms with Crippen molar-refractivity contribution in [2.24, 2.45) is 0 Å². The van der Waals surface area contributed by atoms with E-state index in [-0.39, 0.29) is 30.5 Å². The third-order valence-electron chi connectivity index (χ3n) is 3.89. The van der Waals surface area contributed by atoms with Crippen molar-refractivity contribution in [3.63, 3.8) is 0 Å². The molecule has 0 aliphatic carbocycles. The van der Waals surface area contributed by atoms with Gasteiger partial charge in [-0.1, -0.05) is 13.0 Å². The first kappa shape index (κ1) is 20.8. The van der Waals surface area contributed by atoms with Gasteiger partial charge in [-0.3, -0.25) is 14.5 Å². The Morgan fingerprint density at radius 1 is 1.41 bits per heavy atom. The quantitative estimate of drug-likeness (QED) is 0.655. The number of alkyl halides is 2. The Morgan fingerprint density at radius 2 is 2.15 bits per heavy atom. The van der Waals surface area contributed by atoms with Crippen molar-refractivity contribution in [3.05, 3.63) is 34.4 Å². The van der Waals surface area contributed by atoms with Crippen LogP contribution in [-0.2, 0) is 24.3 Å². The number of benzene rings is 1. The third-order valence-corrected chi connectivity index (χ3v) is 4.21. The van der Waals surface area contributed by atoms with Gasteiger partial charge in [-0.2, -0.15) is 13.9 Å². The van der Waals surface area contributed by atoms with Gasteiger partial charge in [-0.15, -0.1) is 0 Å². The van der Waals surface area contributed by atoms with E-state index in [2.05, 4.69) is 14.9 Å². The number of aromatic amines is 1. The number of halogens is 2. The van der Waals surface area contributed by atoms with E-state index in [1.54, 1.807) is 23.7 Å². The molecule has 0 aliphatic heterocycles. The predicted octanol–water partition coefficient (Wildman–Crippen LogP) is 3.16. The number of aryl methyl sites for hydroxylation is 1. The number of amides is 1. The highest BCUT2D eigenvalue weighted by molar-refractivity contribution is 7.71. The van der Waals surface area contributed by atoms with E-state index < -0.39 is 6.61 Å². The van der Waals surface area contributed by atoms with Crippen LogP contribution in [0.5, 0.6) is 11.5 Å². The summed E-state index contributed by atoms with van der Waals surface area (Å²) in [4.78, 5) is 14.1. The van der Waals surface area contributed by atoms with Crippen molar-refractivity contribution in [1.29, 1.82) is 0 Å². The average Bonchev–Trinajstić information content (AvgIpc) is 2.96. The Balaban J connectivity index is 2.08. The zero-order chi connectivity index (χ0) is 20.0. The number of nitrogens with one attached hydrogen (secondary N) is 1. The number of methoxy groups -OCH3 is 1. The number of carbonyl (C=O) groups is 1. The molecular weight excluding hydrogens is 378 g/mol. The highest BCUT2D eigenvalue weighted by Crippen LogP contribution is 2.29. The van der Waals surface area contributed by atoms with Gasteiger partial charge in [-0.25, -0.2) is 0 Å². The number of likely N-dealkylation sites (N-methyl/N-ethyl adjacent to an activating group) is 1. The maximum atomic E-state index is 12.6. The van der Waals surface area contributed by atoms with E-state index in [0.29, 0.717) is 16.8 Å². The van der Waals surface area contributed by atoms with Crippen LogP contribution in [0, 0.1) is 4.77 Å². The van der Waals surface area contributed by atoms with Gasteiger partial charge in [0.05, 0.1) is 7.11 Å². The number of ether oxygens (including phenoxy) is 2. The highest BCUT2D eigenvalue weighted by atomic mass is 32.1. The largest absolute Gasteiger partial charge is 0.493 e. The van der Waals surface area contributed by atoms with Gasteiger partial charge in [0, 0.05) is 20.0 Å². The summed E-state index contributed by atoms with van der Waals surface area (Å²) in [5.41, 5.74) is 0.717. The summed E-state index contributed by atoms with van der Waals surface area (Å²) < 4.78 is 36.4. The Hall–Kier alpha value is -2.49. The van der Waals surface area contributed by atoms with E-state index >= 15 is 0 Å². The molecule has 2 rings (SSSR count). The fourth-order valence-corrected chi connectivity index (χ4v) is 2.77. The van der Waals surface area contributed by atoms with Crippen molar-refractivity contribution in [2.45, 2.75) is 39.5 Å². The number of aromatic nitrogens is 3. The number of nitrogens with zero attached hydrogens (tertiary/aromatic N) is 3. The van der Waals surface area contributed by atoms with Gasteiger partial charge >= 0.3 is 6.61 Å².